The minimum atomic E-state index is -3.13. The number of nitrogens with one attached hydrogen (secondary N) is 1. The summed E-state index contributed by atoms with van der Waals surface area (Å²) in [6.45, 7) is 1.21. The van der Waals surface area contributed by atoms with E-state index >= 15 is 0 Å². The molecule has 0 aromatic heterocycles. The Hall–Kier alpha value is 0.460. The highest BCUT2D eigenvalue weighted by atomic mass is 32.2. The van der Waals surface area contributed by atoms with Crippen molar-refractivity contribution in [3.05, 3.63) is 0 Å². The van der Waals surface area contributed by atoms with Crippen molar-refractivity contribution in [2.45, 2.75) is 0 Å². The molecule has 0 aliphatic carbocycles. The van der Waals surface area contributed by atoms with Gasteiger partial charge < -0.3 is 15.1 Å². The lowest BCUT2D eigenvalue weighted by Crippen LogP contribution is -2.04. The molecule has 0 amide bonds. The molecule has 6 heteroatoms. The van der Waals surface area contributed by atoms with Crippen molar-refractivity contribution in [1.29, 1.82) is 0 Å². The molecule has 0 atom stereocenters. The van der Waals surface area contributed by atoms with Crippen LogP contribution in [-0.4, -0.2) is 28.0 Å². The fourth-order valence-corrected chi connectivity index (χ4v) is 1.08. The van der Waals surface area contributed by atoms with Crippen LogP contribution in [0.4, 0.5) is 0 Å². The molecule has 1 saturated heterocycles. The van der Waals surface area contributed by atoms with E-state index in [9.17, 15) is 0 Å². The van der Waals surface area contributed by atoms with Crippen LogP contribution in [-0.2, 0) is 4.57 Å². The molecule has 1 heterocycles. The van der Waals surface area contributed by atoms with Gasteiger partial charge in [-0.2, -0.15) is 0 Å². The summed E-state index contributed by atoms with van der Waals surface area (Å²) in [6.07, 6.45) is 0. The standard InChI is InChI=1S/C3H7NS.H3O3P/c1-2-5-3-4-1;1-4(2)3/h4H,1-3H2;4H,(H2,1,2,3). The van der Waals surface area contributed by atoms with Gasteiger partial charge in [0.05, 0.1) is 0 Å². The van der Waals surface area contributed by atoms with Crippen molar-refractivity contribution < 1.29 is 14.4 Å². The molecule has 0 spiro atoms. The topological polar surface area (TPSA) is 69.6 Å². The fourth-order valence-electron chi connectivity index (χ4n) is 0.361. The zero-order chi connectivity index (χ0) is 7.11. The summed E-state index contributed by atoms with van der Waals surface area (Å²) in [6, 6.07) is 0. The molecule has 0 aromatic carbocycles. The highest BCUT2D eigenvalue weighted by Crippen LogP contribution is 1.99. The molecule has 56 valence electrons. The van der Waals surface area contributed by atoms with E-state index in [4.69, 9.17) is 14.4 Å². The monoisotopic (exact) mass is 171 g/mol. The van der Waals surface area contributed by atoms with E-state index in [1.54, 1.807) is 0 Å². The SMILES string of the molecule is C1CSCN1.O=[PH](O)O. The number of hydrogen-bond acceptors (Lipinski definition) is 3. The van der Waals surface area contributed by atoms with E-state index in [1.165, 1.54) is 18.2 Å². The predicted molar refractivity (Wildman–Crippen MR) is 38.8 cm³/mol. The van der Waals surface area contributed by atoms with Gasteiger partial charge in [-0.1, -0.05) is 0 Å². The molecule has 1 aliphatic heterocycles. The lowest BCUT2D eigenvalue weighted by atomic mass is 10.8. The summed E-state index contributed by atoms with van der Waals surface area (Å²) in [5.74, 6) is 2.47. The van der Waals surface area contributed by atoms with Gasteiger partial charge in [0.2, 0.25) is 0 Å². The maximum Gasteiger partial charge on any atom is 0.314 e. The van der Waals surface area contributed by atoms with Crippen LogP contribution >= 0.6 is 20.0 Å². The van der Waals surface area contributed by atoms with E-state index < -0.39 is 8.25 Å². The summed E-state index contributed by atoms with van der Waals surface area (Å²) in [7, 11) is -3.13. The molecule has 1 fully saturated rings. The van der Waals surface area contributed by atoms with Crippen molar-refractivity contribution >= 4 is 20.0 Å². The minimum Gasteiger partial charge on any atom is -0.326 e. The third kappa shape index (κ3) is 11.8. The minimum absolute atomic E-state index is 1.17. The first kappa shape index (κ1) is 9.46. The first-order chi connectivity index (χ1) is 4.23. The van der Waals surface area contributed by atoms with E-state index in [2.05, 4.69) is 5.32 Å². The van der Waals surface area contributed by atoms with E-state index in [1.807, 2.05) is 11.8 Å². The molecule has 9 heavy (non-hydrogen) atoms. The average Bonchev–Trinajstić information content (AvgIpc) is 2.11. The Morgan fingerprint density at radius 3 is 2.22 bits per heavy atom. The Bertz CT molecular complexity index is 75.5. The van der Waals surface area contributed by atoms with Crippen LogP contribution in [0.15, 0.2) is 0 Å². The zero-order valence-electron chi connectivity index (χ0n) is 4.83. The summed E-state index contributed by atoms with van der Waals surface area (Å²) in [4.78, 5) is 14.3. The summed E-state index contributed by atoms with van der Waals surface area (Å²) < 4.78 is 8.74. The average molecular weight is 171 g/mol. The van der Waals surface area contributed by atoms with Gasteiger partial charge in [0.25, 0.3) is 0 Å². The highest BCUT2D eigenvalue weighted by molar-refractivity contribution is 7.99. The molecule has 0 unspecified atom stereocenters. The summed E-state index contributed by atoms with van der Waals surface area (Å²) in [5, 5.41) is 3.19. The lowest BCUT2D eigenvalue weighted by Gasteiger charge is -1.74. The number of hydrogen-bond donors (Lipinski definition) is 3. The Morgan fingerprint density at radius 1 is 1.56 bits per heavy atom. The molecule has 1 rings (SSSR count). The van der Waals surface area contributed by atoms with E-state index in [0.29, 0.717) is 0 Å². The maximum absolute atomic E-state index is 8.74. The molecular formula is C3H10NO3PS. The second-order valence-corrected chi connectivity index (χ2v) is 3.01. The van der Waals surface area contributed by atoms with Crippen molar-refractivity contribution in [2.75, 3.05) is 18.2 Å². The van der Waals surface area contributed by atoms with Gasteiger partial charge in [0.1, 0.15) is 0 Å². The van der Waals surface area contributed by atoms with Crippen molar-refractivity contribution in [2.24, 2.45) is 0 Å². The molecule has 0 saturated carbocycles. The third-order valence-corrected chi connectivity index (χ3v) is 1.53. The lowest BCUT2D eigenvalue weighted by molar-refractivity contribution is 0.405. The van der Waals surface area contributed by atoms with E-state index in [-0.39, 0.29) is 0 Å². The van der Waals surface area contributed by atoms with Gasteiger partial charge in [0.15, 0.2) is 0 Å². The largest absolute Gasteiger partial charge is 0.326 e. The Morgan fingerprint density at radius 2 is 2.11 bits per heavy atom. The molecule has 0 aromatic rings. The summed E-state index contributed by atoms with van der Waals surface area (Å²) >= 11 is 1.96. The van der Waals surface area contributed by atoms with Crippen LogP contribution < -0.4 is 5.32 Å². The van der Waals surface area contributed by atoms with Crippen molar-refractivity contribution in [3.8, 4) is 0 Å². The van der Waals surface area contributed by atoms with Gasteiger partial charge in [-0.05, 0) is 0 Å². The molecule has 0 radical (unpaired) electrons. The first-order valence-electron chi connectivity index (χ1n) is 2.44. The Kier molecular flexibility index (Phi) is 6.91. The van der Waals surface area contributed by atoms with Crippen molar-refractivity contribution in [3.63, 3.8) is 0 Å². The molecule has 3 N–H and O–H groups in total. The Labute approximate surface area is 58.6 Å². The second-order valence-electron chi connectivity index (χ2n) is 1.34. The van der Waals surface area contributed by atoms with Gasteiger partial charge in [-0.3, -0.25) is 4.57 Å². The summed E-state index contributed by atoms with van der Waals surface area (Å²) in [5.41, 5.74) is 0. The zero-order valence-corrected chi connectivity index (χ0v) is 6.65. The number of thioether (sulfide) groups is 1. The molecular weight excluding hydrogens is 161 g/mol. The number of rotatable bonds is 0. The van der Waals surface area contributed by atoms with Crippen LogP contribution in [0.5, 0.6) is 0 Å². The van der Waals surface area contributed by atoms with Crippen LogP contribution in [0.2, 0.25) is 0 Å². The molecule has 0 bridgehead atoms. The second kappa shape index (κ2) is 6.58. The quantitative estimate of drug-likeness (QED) is 0.434. The predicted octanol–water partition coefficient (Wildman–Crippen LogP) is -0.359. The van der Waals surface area contributed by atoms with Crippen LogP contribution in [0.1, 0.15) is 0 Å². The molecule has 4 nitrogen and oxygen atoms in total. The van der Waals surface area contributed by atoms with E-state index in [0.717, 1.165) is 0 Å². The van der Waals surface area contributed by atoms with Gasteiger partial charge in [-0.25, -0.2) is 0 Å². The normalized spacial score (nSPS) is 17.2. The Balaban J connectivity index is 0.000000148. The van der Waals surface area contributed by atoms with Gasteiger partial charge >= 0.3 is 8.25 Å². The first-order valence-corrected chi connectivity index (χ1v) is 4.89. The van der Waals surface area contributed by atoms with Gasteiger partial charge in [-0.15, -0.1) is 11.8 Å². The van der Waals surface area contributed by atoms with Crippen LogP contribution in [0.3, 0.4) is 0 Å². The van der Waals surface area contributed by atoms with Crippen LogP contribution in [0, 0.1) is 0 Å². The smallest absolute Gasteiger partial charge is 0.314 e. The maximum atomic E-state index is 8.74. The highest BCUT2D eigenvalue weighted by Gasteiger charge is 1.93. The van der Waals surface area contributed by atoms with Crippen LogP contribution in [0.25, 0.3) is 0 Å². The molecule has 1 aliphatic rings. The third-order valence-electron chi connectivity index (χ3n) is 0.627. The fraction of sp³-hybridized carbons (Fsp3) is 1.00. The van der Waals surface area contributed by atoms with Gasteiger partial charge in [0, 0.05) is 18.2 Å². The van der Waals surface area contributed by atoms with Crippen molar-refractivity contribution in [1.82, 2.24) is 5.32 Å².